The minimum absolute atomic E-state index is 0.0172. The molecule has 1 aliphatic rings. The molecule has 0 amide bonds. The Balaban J connectivity index is 1.52. The first-order valence-electron chi connectivity index (χ1n) is 8.96. The van der Waals surface area contributed by atoms with Gasteiger partial charge in [0.05, 0.1) is 5.56 Å². The van der Waals surface area contributed by atoms with Gasteiger partial charge >= 0.3 is 12.4 Å². The van der Waals surface area contributed by atoms with Gasteiger partial charge in [0.15, 0.2) is 5.65 Å². The highest BCUT2D eigenvalue weighted by molar-refractivity contribution is 5.47. The van der Waals surface area contributed by atoms with Gasteiger partial charge in [-0.2, -0.15) is 30.9 Å². The van der Waals surface area contributed by atoms with E-state index in [2.05, 4.69) is 20.3 Å². The molecule has 0 saturated carbocycles. The van der Waals surface area contributed by atoms with Gasteiger partial charge in [0.25, 0.3) is 5.82 Å². The van der Waals surface area contributed by atoms with E-state index in [1.54, 1.807) is 6.07 Å². The molecular formula is C17H15F6N7. The Labute approximate surface area is 165 Å². The maximum Gasteiger partial charge on any atom is 0.453 e. The molecule has 13 heteroatoms. The van der Waals surface area contributed by atoms with E-state index in [4.69, 9.17) is 0 Å². The molecule has 0 aliphatic carbocycles. The Bertz CT molecular complexity index is 1030. The molecule has 30 heavy (non-hydrogen) atoms. The summed E-state index contributed by atoms with van der Waals surface area (Å²) in [5.41, 5.74) is -0.842. The lowest BCUT2D eigenvalue weighted by molar-refractivity contribution is -0.146. The van der Waals surface area contributed by atoms with Crippen molar-refractivity contribution in [2.24, 2.45) is 0 Å². The number of nitrogens with zero attached hydrogens (tertiary/aromatic N) is 7. The van der Waals surface area contributed by atoms with Crippen LogP contribution in [0, 0.1) is 0 Å². The number of pyridine rings is 1. The Kier molecular flexibility index (Phi) is 4.90. The Hall–Kier alpha value is -3.12. The van der Waals surface area contributed by atoms with Gasteiger partial charge < -0.3 is 9.80 Å². The van der Waals surface area contributed by atoms with Crippen LogP contribution in [0.1, 0.15) is 17.8 Å². The Morgan fingerprint density at radius 3 is 2.00 bits per heavy atom. The third kappa shape index (κ3) is 3.96. The normalized spacial score (nSPS) is 16.2. The van der Waals surface area contributed by atoms with Crippen molar-refractivity contribution < 1.29 is 26.3 Å². The highest BCUT2D eigenvalue weighted by Gasteiger charge is 2.38. The molecule has 7 nitrogen and oxygen atoms in total. The van der Waals surface area contributed by atoms with Crippen molar-refractivity contribution >= 4 is 17.3 Å². The number of alkyl halides is 6. The van der Waals surface area contributed by atoms with Crippen molar-refractivity contribution in [1.82, 2.24) is 24.8 Å². The summed E-state index contributed by atoms with van der Waals surface area (Å²) in [5.74, 6) is -0.466. The third-order valence-electron chi connectivity index (χ3n) is 4.72. The first-order chi connectivity index (χ1) is 14.1. The highest BCUT2D eigenvalue weighted by Crippen LogP contribution is 2.30. The van der Waals surface area contributed by atoms with Gasteiger partial charge in [0.1, 0.15) is 11.6 Å². The molecule has 0 radical (unpaired) electrons. The number of fused-ring (bicyclic) bond motifs is 1. The zero-order valence-corrected chi connectivity index (χ0v) is 15.3. The Morgan fingerprint density at radius 2 is 1.40 bits per heavy atom. The minimum Gasteiger partial charge on any atom is -0.355 e. The van der Waals surface area contributed by atoms with Crippen LogP contribution >= 0.6 is 0 Å². The zero-order valence-electron chi connectivity index (χ0n) is 15.3. The molecule has 0 N–H and O–H groups in total. The third-order valence-corrected chi connectivity index (χ3v) is 4.72. The van der Waals surface area contributed by atoms with Gasteiger partial charge in [0, 0.05) is 32.4 Å². The fourth-order valence-electron chi connectivity index (χ4n) is 3.24. The predicted molar refractivity (Wildman–Crippen MR) is 94.1 cm³/mol. The van der Waals surface area contributed by atoms with E-state index in [0.29, 0.717) is 48.8 Å². The van der Waals surface area contributed by atoms with Crippen LogP contribution in [0.5, 0.6) is 0 Å². The molecule has 4 rings (SSSR count). The van der Waals surface area contributed by atoms with Gasteiger partial charge in [-0.05, 0) is 30.7 Å². The molecule has 0 unspecified atom stereocenters. The average molecular weight is 431 g/mol. The van der Waals surface area contributed by atoms with E-state index in [1.165, 1.54) is 12.1 Å². The fourth-order valence-corrected chi connectivity index (χ4v) is 3.24. The van der Waals surface area contributed by atoms with Crippen molar-refractivity contribution in [3.63, 3.8) is 0 Å². The van der Waals surface area contributed by atoms with Crippen LogP contribution < -0.4 is 9.80 Å². The molecule has 3 aromatic rings. The quantitative estimate of drug-likeness (QED) is 0.581. The standard InChI is InChI=1S/C17H15F6N7/c18-16(19,20)11-2-3-12(24-10-11)28-6-1-7-29(9-8-28)14-5-4-13-25-26-15(17(21,22)23)30(13)27-14/h2-5,10H,1,6-9H2. The Morgan fingerprint density at radius 1 is 0.733 bits per heavy atom. The van der Waals surface area contributed by atoms with E-state index in [9.17, 15) is 26.3 Å². The molecule has 0 atom stereocenters. The number of anilines is 2. The van der Waals surface area contributed by atoms with Crippen LogP contribution in [0.15, 0.2) is 30.5 Å². The molecule has 0 bridgehead atoms. The van der Waals surface area contributed by atoms with Crippen molar-refractivity contribution in [3.05, 3.63) is 41.9 Å². The van der Waals surface area contributed by atoms with Crippen LogP contribution in [0.2, 0.25) is 0 Å². The van der Waals surface area contributed by atoms with Gasteiger partial charge in [-0.15, -0.1) is 15.3 Å². The molecule has 0 spiro atoms. The van der Waals surface area contributed by atoms with Crippen molar-refractivity contribution in [2.75, 3.05) is 36.0 Å². The maximum atomic E-state index is 13.1. The summed E-state index contributed by atoms with van der Waals surface area (Å²) in [4.78, 5) is 7.55. The molecule has 0 aromatic carbocycles. The summed E-state index contributed by atoms with van der Waals surface area (Å²) in [5, 5.41) is 10.7. The summed E-state index contributed by atoms with van der Waals surface area (Å²) < 4.78 is 78.0. The van der Waals surface area contributed by atoms with Crippen molar-refractivity contribution in [2.45, 2.75) is 18.8 Å². The molecular weight excluding hydrogens is 416 g/mol. The maximum absolute atomic E-state index is 13.1. The van der Waals surface area contributed by atoms with Crippen LogP contribution in [0.3, 0.4) is 0 Å². The van der Waals surface area contributed by atoms with Crippen LogP contribution in [0.4, 0.5) is 38.0 Å². The minimum atomic E-state index is -4.69. The highest BCUT2D eigenvalue weighted by atomic mass is 19.4. The first kappa shape index (κ1) is 20.2. The molecule has 160 valence electrons. The fraction of sp³-hybridized carbons (Fsp3) is 0.412. The summed E-state index contributed by atoms with van der Waals surface area (Å²) in [6.07, 6.45) is -7.73. The largest absolute Gasteiger partial charge is 0.453 e. The topological polar surface area (TPSA) is 62.5 Å². The van der Waals surface area contributed by atoms with E-state index in [-0.39, 0.29) is 5.65 Å². The second-order valence-corrected chi connectivity index (χ2v) is 6.71. The molecule has 3 aromatic heterocycles. The lowest BCUT2D eigenvalue weighted by Gasteiger charge is -2.23. The monoisotopic (exact) mass is 431 g/mol. The van der Waals surface area contributed by atoms with E-state index in [1.807, 2.05) is 9.80 Å². The summed E-state index contributed by atoms with van der Waals surface area (Å²) in [7, 11) is 0. The molecule has 1 fully saturated rings. The van der Waals surface area contributed by atoms with E-state index < -0.39 is 23.7 Å². The lowest BCUT2D eigenvalue weighted by atomic mass is 10.2. The first-order valence-corrected chi connectivity index (χ1v) is 8.96. The van der Waals surface area contributed by atoms with Gasteiger partial charge in [-0.1, -0.05) is 0 Å². The number of halogens is 6. The van der Waals surface area contributed by atoms with E-state index in [0.717, 1.165) is 12.3 Å². The SMILES string of the molecule is FC(F)(F)c1ccc(N2CCCN(c3ccc4nnc(C(F)(F)F)n4n3)CC2)nc1. The number of aromatic nitrogens is 5. The number of hydrogen-bond donors (Lipinski definition) is 0. The van der Waals surface area contributed by atoms with Gasteiger partial charge in [-0.3, -0.25) is 0 Å². The smallest absolute Gasteiger partial charge is 0.355 e. The summed E-state index contributed by atoms with van der Waals surface area (Å²) in [6.45, 7) is 1.88. The van der Waals surface area contributed by atoms with Gasteiger partial charge in [-0.25, -0.2) is 4.98 Å². The second kappa shape index (κ2) is 7.29. The zero-order chi connectivity index (χ0) is 21.5. The number of rotatable bonds is 2. The predicted octanol–water partition coefficient (Wildman–Crippen LogP) is 3.27. The summed E-state index contributed by atoms with van der Waals surface area (Å²) in [6, 6.07) is 5.27. The molecule has 1 saturated heterocycles. The van der Waals surface area contributed by atoms with Crippen LogP contribution in [-0.2, 0) is 12.4 Å². The van der Waals surface area contributed by atoms with Crippen LogP contribution in [0.25, 0.3) is 5.65 Å². The lowest BCUT2D eigenvalue weighted by Crippen LogP contribution is -2.32. The average Bonchev–Trinajstić information content (AvgIpc) is 2.96. The van der Waals surface area contributed by atoms with Crippen LogP contribution in [-0.4, -0.2) is 51.0 Å². The molecule has 1 aliphatic heterocycles. The van der Waals surface area contributed by atoms with Crippen molar-refractivity contribution in [1.29, 1.82) is 0 Å². The van der Waals surface area contributed by atoms with Crippen molar-refractivity contribution in [3.8, 4) is 0 Å². The number of hydrogen-bond acceptors (Lipinski definition) is 6. The van der Waals surface area contributed by atoms with Gasteiger partial charge in [0.2, 0.25) is 0 Å². The second-order valence-electron chi connectivity index (χ2n) is 6.71. The summed E-state index contributed by atoms with van der Waals surface area (Å²) >= 11 is 0. The van der Waals surface area contributed by atoms with E-state index >= 15 is 0 Å². The molecule has 4 heterocycles.